The number of hydrogen-bond acceptors (Lipinski definition) is 5. The largest absolute Gasteiger partial charge is 0.337 e. The van der Waals surface area contributed by atoms with E-state index in [0.717, 1.165) is 34.0 Å². The molecule has 2 aromatic carbocycles. The Balaban J connectivity index is 1.62. The second kappa shape index (κ2) is 8.89. The van der Waals surface area contributed by atoms with Crippen molar-refractivity contribution in [3.05, 3.63) is 95.8 Å². The molecule has 0 bridgehead atoms. The maximum Gasteiger partial charge on any atom is 0.271 e. The lowest BCUT2D eigenvalue weighted by Crippen LogP contribution is -2.36. The Morgan fingerprint density at radius 1 is 1.12 bits per heavy atom. The molecule has 0 fully saturated rings. The van der Waals surface area contributed by atoms with Crippen LogP contribution < -0.4 is 24.2 Å². The number of aromatic nitrogens is 2. The first-order valence-corrected chi connectivity index (χ1v) is 12.8. The maximum atomic E-state index is 14.4. The summed E-state index contributed by atoms with van der Waals surface area (Å²) in [5.74, 6) is -1.76. The molecule has 0 radical (unpaired) electrons. The van der Waals surface area contributed by atoms with Crippen molar-refractivity contribution >= 4 is 51.2 Å². The number of hydrogen-bond donors (Lipinski definition) is 0. The number of thioether (sulfide) groups is 1. The highest BCUT2D eigenvalue weighted by molar-refractivity contribution is 8.08. The minimum atomic E-state index is -0.886. The lowest BCUT2D eigenvalue weighted by atomic mass is 10.2. The summed E-state index contributed by atoms with van der Waals surface area (Å²) in [4.78, 5) is 15.3. The summed E-state index contributed by atoms with van der Waals surface area (Å²) >= 11 is 4.09. The topological polar surface area (TPSA) is 29.1 Å². The van der Waals surface area contributed by atoms with E-state index in [0.29, 0.717) is 21.8 Å². The molecule has 2 aromatic heterocycles. The molecule has 0 unspecified atom stereocenters. The van der Waals surface area contributed by atoms with Gasteiger partial charge in [0.05, 0.1) is 22.0 Å². The molecule has 4 aromatic rings. The van der Waals surface area contributed by atoms with E-state index in [1.807, 2.05) is 42.8 Å². The lowest BCUT2D eigenvalue weighted by molar-refractivity contribution is -0.685. The van der Waals surface area contributed by atoms with Gasteiger partial charge in [0.25, 0.3) is 10.6 Å². The number of halogens is 2. The summed E-state index contributed by atoms with van der Waals surface area (Å²) in [6.45, 7) is 3.19. The molecule has 168 valence electrons. The Bertz CT molecular complexity index is 1520. The predicted molar refractivity (Wildman–Crippen MR) is 131 cm³/mol. The van der Waals surface area contributed by atoms with Crippen LogP contribution in [-0.2, 0) is 13.1 Å². The normalized spacial score (nSPS) is 15.4. The Morgan fingerprint density at radius 3 is 2.67 bits per heavy atom. The van der Waals surface area contributed by atoms with Crippen molar-refractivity contribution < 1.29 is 13.3 Å². The minimum absolute atomic E-state index is 0.122. The summed E-state index contributed by atoms with van der Waals surface area (Å²) in [6.07, 6.45) is 4.07. The first kappa shape index (κ1) is 22.1. The highest BCUT2D eigenvalue weighted by Crippen LogP contribution is 2.47. The average molecular weight is 501 g/mol. The number of thiazole rings is 2. The van der Waals surface area contributed by atoms with Gasteiger partial charge in [0.1, 0.15) is 14.2 Å². The second-order valence-corrected chi connectivity index (χ2v) is 10.4. The number of rotatable bonds is 4. The molecule has 9 heteroatoms. The van der Waals surface area contributed by atoms with Crippen LogP contribution in [-0.4, -0.2) is 11.6 Å². The molecule has 0 atom stereocenters. The maximum absolute atomic E-state index is 14.4. The van der Waals surface area contributed by atoms with Crippen molar-refractivity contribution in [2.45, 2.75) is 24.9 Å². The Hall–Kier alpha value is -2.75. The van der Waals surface area contributed by atoms with Gasteiger partial charge < -0.3 is 4.90 Å². The van der Waals surface area contributed by atoms with E-state index in [4.69, 9.17) is 0 Å². The molecule has 5 rings (SSSR count). The average Bonchev–Trinajstić information content (AvgIpc) is 3.48. The van der Waals surface area contributed by atoms with Crippen LogP contribution >= 0.6 is 34.4 Å². The Labute approximate surface area is 201 Å². The highest BCUT2D eigenvalue weighted by Gasteiger charge is 2.29. The third kappa shape index (κ3) is 3.94. The van der Waals surface area contributed by atoms with E-state index in [1.165, 1.54) is 16.9 Å². The van der Waals surface area contributed by atoms with E-state index in [1.54, 1.807) is 33.9 Å². The van der Waals surface area contributed by atoms with Crippen LogP contribution in [0.4, 0.5) is 14.5 Å². The van der Waals surface area contributed by atoms with Gasteiger partial charge in [-0.3, -0.25) is 9.36 Å². The molecule has 1 aliphatic heterocycles. The van der Waals surface area contributed by atoms with Crippen LogP contribution in [0.1, 0.15) is 17.5 Å². The molecule has 4 nitrogen and oxygen atoms in total. The van der Waals surface area contributed by atoms with E-state index in [9.17, 15) is 13.6 Å². The summed E-state index contributed by atoms with van der Waals surface area (Å²) < 4.78 is 33.4. The molecule has 0 amide bonds. The molecular weight excluding hydrogens is 480 g/mol. The molecule has 33 heavy (non-hydrogen) atoms. The van der Waals surface area contributed by atoms with E-state index >= 15 is 0 Å². The fourth-order valence-electron chi connectivity index (χ4n) is 3.77. The van der Waals surface area contributed by atoms with Gasteiger partial charge in [0.2, 0.25) is 0 Å². The molecule has 0 saturated carbocycles. The first-order chi connectivity index (χ1) is 16.0. The van der Waals surface area contributed by atoms with Gasteiger partial charge in [-0.1, -0.05) is 53.4 Å². The number of anilines is 1. The molecule has 3 heterocycles. The first-order valence-electron chi connectivity index (χ1n) is 10.3. The summed E-state index contributed by atoms with van der Waals surface area (Å²) in [5.41, 5.74) is 1.64. The number of fused-ring (bicyclic) bond motifs is 1. The minimum Gasteiger partial charge on any atom is -0.337 e. The molecule has 0 saturated heterocycles. The van der Waals surface area contributed by atoms with Crippen LogP contribution in [0.5, 0.6) is 0 Å². The number of benzene rings is 2. The fourth-order valence-corrected chi connectivity index (χ4v) is 7.11. The molecule has 0 spiro atoms. The lowest BCUT2D eigenvalue weighted by Gasteiger charge is -2.12. The Kier molecular flexibility index (Phi) is 5.94. The zero-order valence-corrected chi connectivity index (χ0v) is 20.4. The third-order valence-electron chi connectivity index (χ3n) is 5.47. The van der Waals surface area contributed by atoms with Gasteiger partial charge >= 0.3 is 0 Å². The SMILES string of the molecule is CCn1c(=O)/c(=C2\Sc3c(ccc(F)c3F)N2C)s/c1=C\c1scc[n+]1Cc1ccccc1. The van der Waals surface area contributed by atoms with Crippen LogP contribution in [0, 0.1) is 11.6 Å². The molecule has 0 N–H and O–H groups in total. The van der Waals surface area contributed by atoms with Crippen molar-refractivity contribution in [2.75, 3.05) is 11.9 Å². The smallest absolute Gasteiger partial charge is 0.271 e. The number of nitrogens with zero attached hydrogens (tertiary/aromatic N) is 3. The van der Waals surface area contributed by atoms with Gasteiger partial charge in [-0.25, -0.2) is 8.78 Å². The highest BCUT2D eigenvalue weighted by atomic mass is 32.2. The molecule has 0 aliphatic carbocycles. The van der Waals surface area contributed by atoms with Crippen LogP contribution in [0.15, 0.2) is 63.7 Å². The predicted octanol–water partition coefficient (Wildman–Crippen LogP) is 3.74. The second-order valence-electron chi connectivity index (χ2n) is 7.49. The van der Waals surface area contributed by atoms with Gasteiger partial charge in [0.15, 0.2) is 24.4 Å². The van der Waals surface area contributed by atoms with Crippen LogP contribution in [0.2, 0.25) is 0 Å². The molecular formula is C24H20F2N3OS3+. The summed E-state index contributed by atoms with van der Waals surface area (Å²) in [7, 11) is 1.78. The zero-order chi connectivity index (χ0) is 23.1. The van der Waals surface area contributed by atoms with Crippen LogP contribution in [0.25, 0.3) is 11.1 Å². The third-order valence-corrected chi connectivity index (χ3v) is 8.84. The van der Waals surface area contributed by atoms with Crippen molar-refractivity contribution in [1.29, 1.82) is 0 Å². The summed E-state index contributed by atoms with van der Waals surface area (Å²) in [5, 5.41) is 3.68. The fraction of sp³-hybridized carbons (Fsp3) is 0.167. The quantitative estimate of drug-likeness (QED) is 0.400. The van der Waals surface area contributed by atoms with E-state index < -0.39 is 11.6 Å². The monoisotopic (exact) mass is 500 g/mol. The van der Waals surface area contributed by atoms with E-state index in [2.05, 4.69) is 16.7 Å². The zero-order valence-electron chi connectivity index (χ0n) is 17.9. The standard InChI is InChI=1S/C24H20F2N3OS3/c1-3-29-19(13-18-28(11-12-31-18)14-15-7-5-4-6-8-15)32-22(23(29)30)24-27(2)17-10-9-16(25)20(26)21(17)33-24/h4-13H,3,14H2,1-2H3/q+1/b24-22+. The van der Waals surface area contributed by atoms with Crippen molar-refractivity contribution in [2.24, 2.45) is 0 Å². The van der Waals surface area contributed by atoms with Crippen molar-refractivity contribution in [3.8, 4) is 0 Å². The summed E-state index contributed by atoms with van der Waals surface area (Å²) in [6, 6.07) is 12.9. The van der Waals surface area contributed by atoms with E-state index in [-0.39, 0.29) is 10.5 Å². The molecule has 1 aliphatic rings. The van der Waals surface area contributed by atoms with Gasteiger partial charge in [0, 0.05) is 19.2 Å². The van der Waals surface area contributed by atoms with Gasteiger partial charge in [-0.2, -0.15) is 4.57 Å². The van der Waals surface area contributed by atoms with Gasteiger partial charge in [-0.15, -0.1) is 11.3 Å². The van der Waals surface area contributed by atoms with Crippen molar-refractivity contribution in [3.63, 3.8) is 0 Å². The van der Waals surface area contributed by atoms with Gasteiger partial charge in [-0.05, 0) is 19.1 Å². The Morgan fingerprint density at radius 2 is 1.91 bits per heavy atom. The van der Waals surface area contributed by atoms with Crippen molar-refractivity contribution in [1.82, 2.24) is 4.57 Å². The van der Waals surface area contributed by atoms with Crippen LogP contribution in [0.3, 0.4) is 0 Å².